The average molecular weight is 264 g/mol. The molecule has 0 amide bonds. The lowest BCUT2D eigenvalue weighted by Crippen LogP contribution is -2.10. The first-order valence-corrected chi connectivity index (χ1v) is 6.31. The maximum atomic E-state index is 11.7. The predicted octanol–water partition coefficient (Wildman–Crippen LogP) is 2.59. The summed E-state index contributed by atoms with van der Waals surface area (Å²) in [6.45, 7) is 2.69. The first-order valence-electron chi connectivity index (χ1n) is 6.31. The summed E-state index contributed by atoms with van der Waals surface area (Å²) in [5.41, 5.74) is 0.476. The number of hydrogen-bond acceptors (Lipinski definition) is 5. The molecule has 1 N–H and O–H groups in total. The monoisotopic (exact) mass is 264 g/mol. The molecule has 0 bridgehead atoms. The summed E-state index contributed by atoms with van der Waals surface area (Å²) in [6.07, 6.45) is 2.43. The normalized spacial score (nSPS) is 13.9. The van der Waals surface area contributed by atoms with E-state index < -0.39 is 10.9 Å². The van der Waals surface area contributed by atoms with E-state index in [4.69, 9.17) is 4.74 Å². The molecule has 0 unspecified atom stereocenters. The number of carbonyl (C=O) groups is 1. The van der Waals surface area contributed by atoms with Gasteiger partial charge in [0.05, 0.1) is 11.5 Å². The van der Waals surface area contributed by atoms with Crippen molar-refractivity contribution in [3.8, 4) is 0 Å². The lowest BCUT2D eigenvalue weighted by molar-refractivity contribution is -0.385. The Morgan fingerprint density at radius 3 is 2.84 bits per heavy atom. The summed E-state index contributed by atoms with van der Waals surface area (Å²) in [6, 6.07) is 4.43. The van der Waals surface area contributed by atoms with Crippen LogP contribution >= 0.6 is 0 Å². The minimum atomic E-state index is -0.663. The van der Waals surface area contributed by atoms with E-state index in [0.717, 1.165) is 6.54 Å². The van der Waals surface area contributed by atoms with Gasteiger partial charge in [0.25, 0.3) is 5.69 Å². The molecule has 1 aromatic rings. The molecule has 1 aliphatic rings. The maximum Gasteiger partial charge on any atom is 0.345 e. The summed E-state index contributed by atoms with van der Waals surface area (Å²) < 4.78 is 4.84. The molecular formula is C13H16N2O4. The molecule has 2 rings (SSSR count). The first-order chi connectivity index (χ1) is 9.11. The van der Waals surface area contributed by atoms with Gasteiger partial charge in [-0.25, -0.2) is 4.79 Å². The number of nitro benzene ring substituents is 1. The smallest absolute Gasteiger partial charge is 0.345 e. The molecule has 0 saturated heterocycles. The molecule has 0 aliphatic heterocycles. The van der Waals surface area contributed by atoms with E-state index in [1.165, 1.54) is 25.0 Å². The van der Waals surface area contributed by atoms with Crippen LogP contribution in [0.15, 0.2) is 18.2 Å². The van der Waals surface area contributed by atoms with Gasteiger partial charge in [-0.1, -0.05) is 0 Å². The Labute approximate surface area is 110 Å². The molecule has 6 heteroatoms. The van der Waals surface area contributed by atoms with E-state index in [0.29, 0.717) is 11.6 Å². The molecule has 0 spiro atoms. The molecule has 1 aromatic carbocycles. The molecule has 1 fully saturated rings. The molecular weight excluding hydrogens is 248 g/mol. The Balaban J connectivity index is 2.20. The standard InChI is InChI=1S/C13H16N2O4/c1-2-19-13(16)11-7-10(14-8-9-3-4-9)5-6-12(11)15(17)18/h5-7,9,14H,2-4,8H2,1H3. The molecule has 0 aromatic heterocycles. The van der Waals surface area contributed by atoms with E-state index in [9.17, 15) is 14.9 Å². The van der Waals surface area contributed by atoms with Gasteiger partial charge in [-0.3, -0.25) is 10.1 Å². The second-order valence-electron chi connectivity index (χ2n) is 4.53. The van der Waals surface area contributed by atoms with Gasteiger partial charge < -0.3 is 10.1 Å². The fraction of sp³-hybridized carbons (Fsp3) is 0.462. The number of rotatable bonds is 6. The number of esters is 1. The zero-order valence-electron chi connectivity index (χ0n) is 10.7. The second kappa shape index (κ2) is 5.69. The molecule has 0 radical (unpaired) electrons. The molecule has 0 atom stereocenters. The van der Waals surface area contributed by atoms with Crippen LogP contribution in [0.3, 0.4) is 0 Å². The molecule has 1 saturated carbocycles. The number of anilines is 1. The summed E-state index contributed by atoms with van der Waals surface area (Å²) >= 11 is 0. The first kappa shape index (κ1) is 13.3. The fourth-order valence-electron chi connectivity index (χ4n) is 1.76. The van der Waals surface area contributed by atoms with Crippen molar-refractivity contribution in [2.45, 2.75) is 19.8 Å². The minimum absolute atomic E-state index is 0.00681. The van der Waals surface area contributed by atoms with Crippen LogP contribution in [-0.2, 0) is 4.74 Å². The lowest BCUT2D eigenvalue weighted by Gasteiger charge is -2.08. The van der Waals surface area contributed by atoms with Crippen LogP contribution in [0, 0.1) is 16.0 Å². The largest absolute Gasteiger partial charge is 0.462 e. The quantitative estimate of drug-likeness (QED) is 0.485. The number of ether oxygens (including phenoxy) is 1. The predicted molar refractivity (Wildman–Crippen MR) is 70.3 cm³/mol. The van der Waals surface area contributed by atoms with Crippen molar-refractivity contribution >= 4 is 17.3 Å². The summed E-state index contributed by atoms with van der Waals surface area (Å²) in [4.78, 5) is 22.0. The Morgan fingerprint density at radius 1 is 1.53 bits per heavy atom. The van der Waals surface area contributed by atoms with Crippen LogP contribution in [0.4, 0.5) is 11.4 Å². The lowest BCUT2D eigenvalue weighted by atomic mass is 10.1. The third kappa shape index (κ3) is 3.43. The number of nitrogens with one attached hydrogen (secondary N) is 1. The Bertz CT molecular complexity index is 497. The number of nitro groups is 1. The number of hydrogen-bond donors (Lipinski definition) is 1. The van der Waals surface area contributed by atoms with Gasteiger partial charge >= 0.3 is 5.97 Å². The molecule has 1 aliphatic carbocycles. The molecule has 6 nitrogen and oxygen atoms in total. The van der Waals surface area contributed by atoms with Crippen LogP contribution in [0.5, 0.6) is 0 Å². The van der Waals surface area contributed by atoms with Crippen LogP contribution in [0.25, 0.3) is 0 Å². The van der Waals surface area contributed by atoms with Gasteiger partial charge in [0.2, 0.25) is 0 Å². The van der Waals surface area contributed by atoms with Gasteiger partial charge in [-0.2, -0.15) is 0 Å². The van der Waals surface area contributed by atoms with E-state index >= 15 is 0 Å². The van der Waals surface area contributed by atoms with Crippen molar-refractivity contribution in [2.75, 3.05) is 18.5 Å². The highest BCUT2D eigenvalue weighted by atomic mass is 16.6. The number of carbonyl (C=O) groups excluding carboxylic acids is 1. The third-order valence-electron chi connectivity index (χ3n) is 2.98. The zero-order valence-corrected chi connectivity index (χ0v) is 10.7. The minimum Gasteiger partial charge on any atom is -0.462 e. The molecule has 102 valence electrons. The summed E-state index contributed by atoms with van der Waals surface area (Å²) in [5.74, 6) is 0.0190. The van der Waals surface area contributed by atoms with E-state index in [1.54, 1.807) is 13.0 Å². The number of benzene rings is 1. The summed E-state index contributed by atoms with van der Waals surface area (Å²) in [7, 11) is 0. The van der Waals surface area contributed by atoms with Crippen LogP contribution in [0.2, 0.25) is 0 Å². The zero-order chi connectivity index (χ0) is 13.8. The highest BCUT2D eigenvalue weighted by molar-refractivity contribution is 5.95. The maximum absolute atomic E-state index is 11.7. The van der Waals surface area contributed by atoms with E-state index in [-0.39, 0.29) is 17.9 Å². The van der Waals surface area contributed by atoms with Crippen molar-refractivity contribution in [3.05, 3.63) is 33.9 Å². The van der Waals surface area contributed by atoms with Crippen molar-refractivity contribution in [2.24, 2.45) is 5.92 Å². The van der Waals surface area contributed by atoms with Crippen LogP contribution in [-0.4, -0.2) is 24.0 Å². The highest BCUT2D eigenvalue weighted by Gasteiger charge is 2.23. The van der Waals surface area contributed by atoms with Gasteiger partial charge in [0, 0.05) is 18.3 Å². The SMILES string of the molecule is CCOC(=O)c1cc(NCC2CC2)ccc1[N+](=O)[O-]. The van der Waals surface area contributed by atoms with E-state index in [1.807, 2.05) is 0 Å². The van der Waals surface area contributed by atoms with Crippen molar-refractivity contribution in [1.82, 2.24) is 0 Å². The molecule has 0 heterocycles. The van der Waals surface area contributed by atoms with Gasteiger partial charge in [-0.15, -0.1) is 0 Å². The third-order valence-corrected chi connectivity index (χ3v) is 2.98. The fourth-order valence-corrected chi connectivity index (χ4v) is 1.76. The average Bonchev–Trinajstić information content (AvgIpc) is 3.20. The Hall–Kier alpha value is -2.11. The van der Waals surface area contributed by atoms with E-state index in [2.05, 4.69) is 5.32 Å². The van der Waals surface area contributed by atoms with Gasteiger partial charge in [-0.05, 0) is 37.8 Å². The topological polar surface area (TPSA) is 81.5 Å². The second-order valence-corrected chi connectivity index (χ2v) is 4.53. The summed E-state index contributed by atoms with van der Waals surface area (Å²) in [5, 5.41) is 14.1. The molecule has 19 heavy (non-hydrogen) atoms. The van der Waals surface area contributed by atoms with Crippen LogP contribution in [0.1, 0.15) is 30.1 Å². The van der Waals surface area contributed by atoms with Crippen molar-refractivity contribution in [3.63, 3.8) is 0 Å². The Morgan fingerprint density at radius 2 is 2.26 bits per heavy atom. The number of nitrogens with zero attached hydrogens (tertiary/aromatic N) is 1. The highest BCUT2D eigenvalue weighted by Crippen LogP contribution is 2.30. The van der Waals surface area contributed by atoms with Gasteiger partial charge in [0.1, 0.15) is 5.56 Å². The van der Waals surface area contributed by atoms with Gasteiger partial charge in [0.15, 0.2) is 0 Å². The Kier molecular flexibility index (Phi) is 3.99. The van der Waals surface area contributed by atoms with Crippen molar-refractivity contribution in [1.29, 1.82) is 0 Å². The van der Waals surface area contributed by atoms with Crippen molar-refractivity contribution < 1.29 is 14.5 Å². The van der Waals surface area contributed by atoms with Crippen LogP contribution < -0.4 is 5.32 Å².